The molecular formula is C24H26. The summed E-state index contributed by atoms with van der Waals surface area (Å²) in [5, 5.41) is 0. The molecule has 2 aliphatic carbocycles. The van der Waals surface area contributed by atoms with Crippen molar-refractivity contribution in [3.8, 4) is 0 Å². The van der Waals surface area contributed by atoms with Gasteiger partial charge in [0.1, 0.15) is 0 Å². The van der Waals surface area contributed by atoms with Gasteiger partial charge in [-0.15, -0.1) is 0 Å². The summed E-state index contributed by atoms with van der Waals surface area (Å²) in [7, 11) is 0. The maximum absolute atomic E-state index is 2.54. The van der Waals surface area contributed by atoms with Crippen molar-refractivity contribution in [2.45, 2.75) is 34.6 Å². The smallest absolute Gasteiger partial charge is 0.0173 e. The highest BCUT2D eigenvalue weighted by atomic mass is 14.6. The van der Waals surface area contributed by atoms with Crippen LogP contribution in [0, 0.1) is 30.6 Å². The molecule has 4 rings (SSSR count). The highest BCUT2D eigenvalue weighted by Gasteiger charge is 2.57. The topological polar surface area (TPSA) is 0 Å². The van der Waals surface area contributed by atoms with Crippen molar-refractivity contribution >= 4 is 11.1 Å². The Labute approximate surface area is 145 Å². The molecule has 24 heavy (non-hydrogen) atoms. The molecule has 0 aliphatic heterocycles. The molecule has 2 atom stereocenters. The zero-order valence-electron chi connectivity index (χ0n) is 15.4. The molecule has 0 unspecified atom stereocenters. The number of aryl methyl sites for hydroxylation is 2. The fourth-order valence-electron chi connectivity index (χ4n) is 4.50. The Morgan fingerprint density at radius 1 is 0.708 bits per heavy atom. The van der Waals surface area contributed by atoms with E-state index in [0.29, 0.717) is 5.92 Å². The maximum Gasteiger partial charge on any atom is 0.0173 e. The molecule has 0 fully saturated rings. The van der Waals surface area contributed by atoms with Crippen LogP contribution in [0.3, 0.4) is 0 Å². The zero-order chi connectivity index (χ0) is 17.1. The second-order valence-corrected chi connectivity index (χ2v) is 8.31. The van der Waals surface area contributed by atoms with Crippen molar-refractivity contribution in [3.63, 3.8) is 0 Å². The minimum absolute atomic E-state index is 0.0904. The Hall–Kier alpha value is -2.08. The van der Waals surface area contributed by atoms with Crippen molar-refractivity contribution in [2.24, 2.45) is 16.7 Å². The summed E-state index contributed by atoms with van der Waals surface area (Å²) in [6, 6.07) is 18.0. The number of allylic oxidation sites excluding steroid dienone is 4. The lowest BCUT2D eigenvalue weighted by molar-refractivity contribution is 0.216. The average Bonchev–Trinajstić information content (AvgIpc) is 2.87. The van der Waals surface area contributed by atoms with E-state index in [2.05, 4.69) is 95.3 Å². The standard InChI is InChI=1S/C24H26/c1-16-6-10-18(11-7-16)20-15-24(5)21(14-22(20)23(24,3)4)19-12-8-17(2)9-13-19/h6-15,22H,1-5H3/t22-,24-/m1/s1. The van der Waals surface area contributed by atoms with Gasteiger partial charge in [-0.2, -0.15) is 0 Å². The number of fused-ring (bicyclic) bond motifs is 2. The summed E-state index contributed by atoms with van der Waals surface area (Å²) >= 11 is 0. The molecule has 0 spiro atoms. The van der Waals surface area contributed by atoms with Gasteiger partial charge in [-0.05, 0) is 41.5 Å². The molecule has 2 aromatic rings. The molecule has 122 valence electrons. The van der Waals surface area contributed by atoms with Gasteiger partial charge in [0.05, 0.1) is 0 Å². The van der Waals surface area contributed by atoms with Crippen LogP contribution in [0.1, 0.15) is 43.0 Å². The Morgan fingerprint density at radius 3 is 1.67 bits per heavy atom. The molecule has 0 heteroatoms. The molecule has 0 radical (unpaired) electrons. The Morgan fingerprint density at radius 2 is 1.21 bits per heavy atom. The van der Waals surface area contributed by atoms with Crippen LogP contribution in [-0.4, -0.2) is 0 Å². The fourth-order valence-corrected chi connectivity index (χ4v) is 4.50. The predicted octanol–water partition coefficient (Wildman–Crippen LogP) is 6.45. The van der Waals surface area contributed by atoms with Gasteiger partial charge >= 0.3 is 0 Å². The summed E-state index contributed by atoms with van der Waals surface area (Å²) in [6.07, 6.45) is 5.07. The van der Waals surface area contributed by atoms with Crippen LogP contribution < -0.4 is 0 Å². The van der Waals surface area contributed by atoms with E-state index in [1.54, 1.807) is 0 Å². The molecule has 0 saturated heterocycles. The number of rotatable bonds is 2. The van der Waals surface area contributed by atoms with E-state index in [1.165, 1.54) is 33.4 Å². The van der Waals surface area contributed by atoms with Crippen molar-refractivity contribution in [1.29, 1.82) is 0 Å². The molecule has 2 bridgehead atoms. The molecule has 0 aromatic heterocycles. The predicted molar refractivity (Wildman–Crippen MR) is 104 cm³/mol. The van der Waals surface area contributed by atoms with Gasteiger partial charge in [-0.3, -0.25) is 0 Å². The van der Waals surface area contributed by atoms with Crippen LogP contribution in [0.2, 0.25) is 0 Å². The van der Waals surface area contributed by atoms with Gasteiger partial charge in [0.2, 0.25) is 0 Å². The van der Waals surface area contributed by atoms with E-state index in [9.17, 15) is 0 Å². The molecular weight excluding hydrogens is 288 g/mol. The van der Waals surface area contributed by atoms with Gasteiger partial charge in [0.15, 0.2) is 0 Å². The SMILES string of the molecule is Cc1ccc(C2=C[C@]3(C)C(c4ccc(C)cc4)=C[C@H]2C3(C)C)cc1. The Kier molecular flexibility index (Phi) is 3.19. The highest BCUT2D eigenvalue weighted by molar-refractivity contribution is 5.88. The first kappa shape index (κ1) is 15.4. The van der Waals surface area contributed by atoms with Crippen molar-refractivity contribution < 1.29 is 0 Å². The first-order valence-corrected chi connectivity index (χ1v) is 8.92. The summed E-state index contributed by atoms with van der Waals surface area (Å²) in [4.78, 5) is 0. The average molecular weight is 314 g/mol. The van der Waals surface area contributed by atoms with E-state index < -0.39 is 0 Å². The Balaban J connectivity index is 1.79. The van der Waals surface area contributed by atoms with Gasteiger partial charge < -0.3 is 0 Å². The van der Waals surface area contributed by atoms with Gasteiger partial charge in [0.25, 0.3) is 0 Å². The quantitative estimate of drug-likeness (QED) is 0.598. The van der Waals surface area contributed by atoms with E-state index in [0.717, 1.165) is 0 Å². The molecule has 0 heterocycles. The molecule has 2 aliphatic rings. The lowest BCUT2D eigenvalue weighted by Crippen LogP contribution is -2.30. The lowest BCUT2D eigenvalue weighted by Gasteiger charge is -2.37. The van der Waals surface area contributed by atoms with E-state index in [-0.39, 0.29) is 10.8 Å². The number of benzene rings is 2. The van der Waals surface area contributed by atoms with Crippen LogP contribution in [0.5, 0.6) is 0 Å². The lowest BCUT2D eigenvalue weighted by atomic mass is 9.66. The van der Waals surface area contributed by atoms with Crippen molar-refractivity contribution in [3.05, 3.63) is 82.9 Å². The fraction of sp³-hybridized carbons (Fsp3) is 0.333. The van der Waals surface area contributed by atoms with Gasteiger partial charge in [-0.1, -0.05) is 92.6 Å². The third-order valence-electron chi connectivity index (χ3n) is 6.54. The monoisotopic (exact) mass is 314 g/mol. The first-order valence-electron chi connectivity index (χ1n) is 8.92. The second-order valence-electron chi connectivity index (χ2n) is 8.31. The van der Waals surface area contributed by atoms with Crippen molar-refractivity contribution in [1.82, 2.24) is 0 Å². The van der Waals surface area contributed by atoms with E-state index in [1.807, 2.05) is 0 Å². The molecule has 2 aromatic carbocycles. The minimum atomic E-state index is 0.0904. The van der Waals surface area contributed by atoms with Gasteiger partial charge in [0, 0.05) is 11.3 Å². The summed E-state index contributed by atoms with van der Waals surface area (Å²) in [5.74, 6) is 0.488. The van der Waals surface area contributed by atoms with Crippen LogP contribution in [-0.2, 0) is 0 Å². The first-order chi connectivity index (χ1) is 11.3. The zero-order valence-corrected chi connectivity index (χ0v) is 15.4. The van der Waals surface area contributed by atoms with E-state index >= 15 is 0 Å². The molecule has 0 amide bonds. The number of hydrogen-bond acceptors (Lipinski definition) is 0. The third kappa shape index (κ3) is 1.99. The normalized spacial score (nSPS) is 27.1. The minimum Gasteiger partial charge on any atom is -0.0717 e. The molecule has 0 saturated carbocycles. The molecule has 0 nitrogen and oxygen atoms in total. The number of hydrogen-bond donors (Lipinski definition) is 0. The van der Waals surface area contributed by atoms with Crippen molar-refractivity contribution in [2.75, 3.05) is 0 Å². The summed E-state index contributed by atoms with van der Waals surface area (Å²) in [5.41, 5.74) is 8.69. The van der Waals surface area contributed by atoms with Gasteiger partial charge in [-0.25, -0.2) is 0 Å². The molecule has 0 N–H and O–H groups in total. The van der Waals surface area contributed by atoms with E-state index in [4.69, 9.17) is 0 Å². The highest BCUT2D eigenvalue weighted by Crippen LogP contribution is 2.68. The van der Waals surface area contributed by atoms with Crippen LogP contribution in [0.25, 0.3) is 11.1 Å². The third-order valence-corrected chi connectivity index (χ3v) is 6.54. The van der Waals surface area contributed by atoms with Crippen LogP contribution in [0.15, 0.2) is 60.7 Å². The summed E-state index contributed by atoms with van der Waals surface area (Å²) in [6.45, 7) is 11.6. The largest absolute Gasteiger partial charge is 0.0717 e. The summed E-state index contributed by atoms with van der Waals surface area (Å²) < 4.78 is 0. The Bertz CT molecular complexity index is 844. The van der Waals surface area contributed by atoms with Crippen LogP contribution in [0.4, 0.5) is 0 Å². The second kappa shape index (κ2) is 4.96. The maximum atomic E-state index is 2.54. The van der Waals surface area contributed by atoms with Crippen LogP contribution >= 0.6 is 0 Å².